The van der Waals surface area contributed by atoms with Crippen molar-refractivity contribution >= 4 is 19.8 Å². The van der Waals surface area contributed by atoms with Crippen LogP contribution in [-0.4, -0.2) is 98.3 Å². The Morgan fingerprint density at radius 3 is 1.14 bits per heavy atom. The molecule has 0 aliphatic heterocycles. The predicted octanol–water partition coefficient (Wildman–Crippen LogP) is 12.7. The van der Waals surface area contributed by atoms with Gasteiger partial charge in [0.15, 0.2) is 6.10 Å². The lowest BCUT2D eigenvalue weighted by Gasteiger charge is -2.41. The minimum Gasteiger partial charge on any atom is -0.462 e. The maximum absolute atomic E-state index is 12.9. The van der Waals surface area contributed by atoms with E-state index >= 15 is 0 Å². The summed E-state index contributed by atoms with van der Waals surface area (Å²) in [4.78, 5) is 35.9. The van der Waals surface area contributed by atoms with E-state index in [9.17, 15) is 44.6 Å². The molecule has 1 saturated carbocycles. The van der Waals surface area contributed by atoms with Gasteiger partial charge in [0.2, 0.25) is 0 Å². The molecule has 0 amide bonds. The van der Waals surface area contributed by atoms with Crippen LogP contribution >= 0.6 is 7.82 Å². The van der Waals surface area contributed by atoms with Crippen LogP contribution in [0.25, 0.3) is 0 Å². The number of hydrogen-bond donors (Lipinski definition) is 6. The van der Waals surface area contributed by atoms with Crippen LogP contribution in [0.15, 0.2) is 24.3 Å². The van der Waals surface area contributed by atoms with Gasteiger partial charge < -0.3 is 39.9 Å². The van der Waals surface area contributed by atoms with Crippen LogP contribution in [0.1, 0.15) is 258 Å². The molecule has 1 rings (SSSR count). The number of aliphatic hydroxyl groups is 5. The Balaban J connectivity index is 2.35. The van der Waals surface area contributed by atoms with Gasteiger partial charge in [-0.1, -0.05) is 212 Å². The van der Waals surface area contributed by atoms with Crippen LogP contribution in [0.5, 0.6) is 0 Å². The van der Waals surface area contributed by atoms with Crippen LogP contribution in [0.3, 0.4) is 0 Å². The minimum absolute atomic E-state index is 0.0514. The molecule has 0 spiro atoms. The van der Waals surface area contributed by atoms with E-state index in [2.05, 4.69) is 38.2 Å². The van der Waals surface area contributed by atoms with Crippen molar-refractivity contribution in [2.75, 3.05) is 13.2 Å². The van der Waals surface area contributed by atoms with Gasteiger partial charge in [0.1, 0.15) is 43.2 Å². The van der Waals surface area contributed by atoms with Crippen molar-refractivity contribution in [3.63, 3.8) is 0 Å². The topological polar surface area (TPSA) is 210 Å². The molecule has 0 aromatic heterocycles. The van der Waals surface area contributed by atoms with Crippen LogP contribution < -0.4 is 0 Å². The second kappa shape index (κ2) is 45.0. The number of rotatable bonds is 48. The number of phosphoric acid groups is 1. The van der Waals surface area contributed by atoms with Gasteiger partial charge >= 0.3 is 19.8 Å². The molecule has 69 heavy (non-hydrogen) atoms. The summed E-state index contributed by atoms with van der Waals surface area (Å²) < 4.78 is 33.7. The van der Waals surface area contributed by atoms with Gasteiger partial charge in [0.25, 0.3) is 0 Å². The monoisotopic (exact) mass is 1000 g/mol. The van der Waals surface area contributed by atoms with Gasteiger partial charge in [-0.25, -0.2) is 4.57 Å². The molecular weight excluding hydrogens is 900 g/mol. The number of aliphatic hydroxyl groups excluding tert-OH is 5. The second-order valence-electron chi connectivity index (χ2n) is 19.8. The summed E-state index contributed by atoms with van der Waals surface area (Å²) in [6.45, 7) is 3.32. The number of carbonyl (C=O) groups excluding carboxylic acids is 2. The maximum atomic E-state index is 12.9. The number of ether oxygens (including phenoxy) is 2. The Bertz CT molecular complexity index is 1300. The second-order valence-corrected chi connectivity index (χ2v) is 21.2. The van der Waals surface area contributed by atoms with E-state index in [0.717, 1.165) is 44.9 Å². The van der Waals surface area contributed by atoms with Crippen LogP contribution in [0.4, 0.5) is 0 Å². The van der Waals surface area contributed by atoms with Gasteiger partial charge in [0, 0.05) is 12.8 Å². The number of phosphoric ester groups is 1. The van der Waals surface area contributed by atoms with E-state index in [1.165, 1.54) is 167 Å². The number of unbranched alkanes of at least 4 members (excludes halogenated alkanes) is 32. The summed E-state index contributed by atoms with van der Waals surface area (Å²) in [5, 5.41) is 50.3. The van der Waals surface area contributed by atoms with E-state index in [1.54, 1.807) is 0 Å². The van der Waals surface area contributed by atoms with Gasteiger partial charge in [-0.15, -0.1) is 0 Å². The highest BCUT2D eigenvalue weighted by Gasteiger charge is 2.51. The fraction of sp³-hybridized carbons (Fsp3) is 0.891. The van der Waals surface area contributed by atoms with Crippen molar-refractivity contribution in [3.8, 4) is 0 Å². The van der Waals surface area contributed by atoms with Crippen molar-refractivity contribution in [1.29, 1.82) is 0 Å². The zero-order valence-corrected chi connectivity index (χ0v) is 44.5. The number of hydrogen-bond acceptors (Lipinski definition) is 12. The van der Waals surface area contributed by atoms with Crippen LogP contribution in [-0.2, 0) is 32.7 Å². The molecule has 13 nitrogen and oxygen atoms in total. The van der Waals surface area contributed by atoms with E-state index in [1.807, 2.05) is 0 Å². The Morgan fingerprint density at radius 2 is 0.754 bits per heavy atom. The van der Waals surface area contributed by atoms with Crippen molar-refractivity contribution < 1.29 is 63.1 Å². The first kappa shape index (κ1) is 65.3. The van der Waals surface area contributed by atoms with E-state index in [4.69, 9.17) is 18.5 Å². The molecule has 6 unspecified atom stereocenters. The third-order valence-electron chi connectivity index (χ3n) is 13.3. The zero-order valence-electron chi connectivity index (χ0n) is 43.6. The number of carbonyl (C=O) groups is 2. The number of allylic oxidation sites excluding steroid dienone is 4. The Morgan fingerprint density at radius 1 is 0.435 bits per heavy atom. The largest absolute Gasteiger partial charge is 0.472 e. The Kier molecular flexibility index (Phi) is 42.6. The highest BCUT2D eigenvalue weighted by molar-refractivity contribution is 7.47. The predicted molar refractivity (Wildman–Crippen MR) is 277 cm³/mol. The van der Waals surface area contributed by atoms with E-state index < -0.39 is 75.7 Å². The standard InChI is InChI=1S/C55H103O13P/c1-3-5-7-9-11-13-15-17-19-21-22-23-24-25-26-28-30-32-34-36-38-40-42-44-49(57)67-47(46-66-69(63,64)68-55-53(61)51(59)50(58)52(60)54(55)62)45-65-48(56)43-41-39-37-35-33-31-29-27-20-18-16-14-12-10-8-6-4-2/h18,20,36,38,47,50-55,58-62H,3-17,19,21-35,37,39-46H2,1-2H3,(H,63,64)/b20-18+,38-36+/t47-,50?,51-,52?,53?,54?,55?/m1/s1. The average molecular weight is 1000 g/mol. The fourth-order valence-corrected chi connectivity index (χ4v) is 9.73. The van der Waals surface area contributed by atoms with Gasteiger partial charge in [-0.3, -0.25) is 18.6 Å². The van der Waals surface area contributed by atoms with Gasteiger partial charge in [-0.05, 0) is 57.8 Å². The Hall–Kier alpha value is -1.67. The lowest BCUT2D eigenvalue weighted by atomic mass is 9.85. The molecule has 1 aliphatic carbocycles. The summed E-state index contributed by atoms with van der Waals surface area (Å²) >= 11 is 0. The summed E-state index contributed by atoms with van der Waals surface area (Å²) in [5.41, 5.74) is 0. The molecule has 14 heteroatoms. The Labute approximate surface area is 419 Å². The van der Waals surface area contributed by atoms with E-state index in [0.29, 0.717) is 19.3 Å². The normalized spacial score (nSPS) is 21.0. The molecule has 406 valence electrons. The lowest BCUT2D eigenvalue weighted by molar-refractivity contribution is -0.220. The zero-order chi connectivity index (χ0) is 50.6. The molecule has 6 N–H and O–H groups in total. The van der Waals surface area contributed by atoms with E-state index in [-0.39, 0.29) is 12.8 Å². The third kappa shape index (κ3) is 36.8. The quantitative estimate of drug-likeness (QED) is 0.0145. The molecule has 0 bridgehead atoms. The smallest absolute Gasteiger partial charge is 0.462 e. The summed E-state index contributed by atoms with van der Waals surface area (Å²) in [7, 11) is -5.13. The van der Waals surface area contributed by atoms with Crippen molar-refractivity contribution in [1.82, 2.24) is 0 Å². The number of esters is 2. The SMILES string of the molecule is CCCCCCCC/C=C/CCCCCCCCCC(=O)OC[C@H](COP(=O)(O)OC1C(O)C(O)C(O)[C@@H](O)C1O)OC(=O)CCC/C=C/CCCCCCCCCCCCCCCCCCCC. The lowest BCUT2D eigenvalue weighted by Crippen LogP contribution is -2.64. The molecule has 0 saturated heterocycles. The summed E-state index contributed by atoms with van der Waals surface area (Å²) in [5.74, 6) is -1.13. The first-order chi connectivity index (χ1) is 33.4. The van der Waals surface area contributed by atoms with Crippen molar-refractivity contribution in [3.05, 3.63) is 24.3 Å². The molecule has 0 heterocycles. The first-order valence-electron chi connectivity index (χ1n) is 28.1. The highest BCUT2D eigenvalue weighted by Crippen LogP contribution is 2.47. The molecule has 1 fully saturated rings. The van der Waals surface area contributed by atoms with Crippen molar-refractivity contribution in [2.45, 2.75) is 301 Å². The maximum Gasteiger partial charge on any atom is 0.472 e. The summed E-state index contributed by atoms with van der Waals surface area (Å²) in [6, 6.07) is 0. The molecule has 0 aromatic rings. The molecule has 0 radical (unpaired) electrons. The average Bonchev–Trinajstić information content (AvgIpc) is 3.33. The molecule has 1 aliphatic rings. The first-order valence-corrected chi connectivity index (χ1v) is 29.6. The minimum atomic E-state index is -5.13. The van der Waals surface area contributed by atoms with Crippen molar-refractivity contribution in [2.24, 2.45) is 0 Å². The van der Waals surface area contributed by atoms with Gasteiger partial charge in [-0.2, -0.15) is 0 Å². The van der Waals surface area contributed by atoms with Crippen LogP contribution in [0.2, 0.25) is 0 Å². The van der Waals surface area contributed by atoms with Crippen LogP contribution in [0, 0.1) is 0 Å². The fourth-order valence-electron chi connectivity index (χ4n) is 8.76. The molecule has 8 atom stereocenters. The molecule has 0 aromatic carbocycles. The van der Waals surface area contributed by atoms with Gasteiger partial charge in [0.05, 0.1) is 6.61 Å². The highest BCUT2D eigenvalue weighted by atomic mass is 31.2. The summed E-state index contributed by atoms with van der Waals surface area (Å²) in [6.07, 6.45) is 39.5. The third-order valence-corrected chi connectivity index (χ3v) is 14.3. The molecular formula is C55H103O13P.